The second-order valence-corrected chi connectivity index (χ2v) is 7.51. The Kier molecular flexibility index (Phi) is 2.89. The molecular weight excluding hydrogens is 236 g/mol. The molecule has 0 fully saturated rings. The van der Waals surface area contributed by atoms with Gasteiger partial charge in [-0.25, -0.2) is 8.57 Å². The van der Waals surface area contributed by atoms with Crippen molar-refractivity contribution < 1.29 is 8.95 Å². The van der Waals surface area contributed by atoms with Gasteiger partial charge in [-0.05, 0) is 6.07 Å². The molecule has 1 atom stereocenters. The first-order valence-corrected chi connectivity index (χ1v) is 7.55. The van der Waals surface area contributed by atoms with Crippen molar-refractivity contribution in [2.75, 3.05) is 19.4 Å². The van der Waals surface area contributed by atoms with E-state index in [1.807, 2.05) is 0 Å². The van der Waals surface area contributed by atoms with Crippen molar-refractivity contribution in [2.45, 2.75) is 31.1 Å². The minimum absolute atomic E-state index is 0.173. The summed E-state index contributed by atoms with van der Waals surface area (Å²) in [6.07, 6.45) is 3.37. The van der Waals surface area contributed by atoms with Gasteiger partial charge in [0.15, 0.2) is 0 Å². The minimum Gasteiger partial charge on any atom is -0.490 e. The van der Waals surface area contributed by atoms with Gasteiger partial charge in [-0.3, -0.25) is 4.98 Å². The number of nitrogens with zero attached hydrogens (tertiary/aromatic N) is 2. The molecule has 1 aromatic rings. The van der Waals surface area contributed by atoms with Crippen LogP contribution in [0.3, 0.4) is 0 Å². The molecule has 1 aromatic heterocycles. The monoisotopic (exact) mass is 254 g/mol. The first-order valence-electron chi connectivity index (χ1n) is 5.62. The van der Waals surface area contributed by atoms with Crippen LogP contribution in [0.2, 0.25) is 0 Å². The highest BCUT2D eigenvalue weighted by Crippen LogP contribution is 2.35. The summed E-state index contributed by atoms with van der Waals surface area (Å²) < 4.78 is 22.5. The van der Waals surface area contributed by atoms with Crippen LogP contribution >= 0.6 is 0 Å². The summed E-state index contributed by atoms with van der Waals surface area (Å²) in [6.45, 7) is 7.10. The largest absolute Gasteiger partial charge is 0.490 e. The van der Waals surface area contributed by atoms with Crippen LogP contribution in [0.4, 0.5) is 0 Å². The molecule has 4 nitrogen and oxygen atoms in total. The summed E-state index contributed by atoms with van der Waals surface area (Å²) in [5.41, 5.74) is 0.640. The lowest BCUT2D eigenvalue weighted by Gasteiger charge is -2.22. The van der Waals surface area contributed by atoms with E-state index in [0.29, 0.717) is 23.8 Å². The molecule has 0 aliphatic carbocycles. The van der Waals surface area contributed by atoms with E-state index in [2.05, 4.69) is 30.1 Å². The highest BCUT2D eigenvalue weighted by atomic mass is 32.2. The number of pyridine rings is 1. The third-order valence-corrected chi connectivity index (χ3v) is 4.47. The maximum atomic E-state index is 12.6. The van der Waals surface area contributed by atoms with Gasteiger partial charge in [0, 0.05) is 17.9 Å². The molecule has 94 valence electrons. The topological polar surface area (TPSA) is 51.5 Å². The Labute approximate surface area is 103 Å². The summed E-state index contributed by atoms with van der Waals surface area (Å²) in [7, 11) is -2.40. The lowest BCUT2D eigenvalue weighted by molar-refractivity contribution is 0.321. The number of ether oxygens (including phenoxy) is 1. The lowest BCUT2D eigenvalue weighted by atomic mass is 9.91. The summed E-state index contributed by atoms with van der Waals surface area (Å²) in [5.74, 6) is 0.665. The van der Waals surface area contributed by atoms with Gasteiger partial charge in [0.1, 0.15) is 17.3 Å². The van der Waals surface area contributed by atoms with Crippen molar-refractivity contribution in [1.82, 2.24) is 4.98 Å². The molecule has 1 aliphatic heterocycles. The molecule has 0 saturated heterocycles. The highest BCUT2D eigenvalue weighted by molar-refractivity contribution is 7.93. The van der Waals surface area contributed by atoms with Crippen molar-refractivity contribution in [3.63, 3.8) is 0 Å². The highest BCUT2D eigenvalue weighted by Gasteiger charge is 2.28. The fraction of sp³-hybridized carbons (Fsp3) is 0.583. The number of hydrogen-bond acceptors (Lipinski definition) is 4. The molecule has 2 rings (SSSR count). The van der Waals surface area contributed by atoms with Crippen molar-refractivity contribution >= 4 is 9.73 Å². The smallest absolute Gasteiger partial charge is 0.139 e. The zero-order chi connectivity index (χ0) is 12.7. The molecule has 2 heterocycles. The lowest BCUT2D eigenvalue weighted by Crippen LogP contribution is -2.18. The van der Waals surface area contributed by atoms with Gasteiger partial charge in [-0.15, -0.1) is 0 Å². The SMILES string of the molecule is CC(C)(C)c1nccc2c1[S@@](C)(=O)=NCCO2. The van der Waals surface area contributed by atoms with Crippen LogP contribution in [-0.4, -0.2) is 28.6 Å². The fourth-order valence-corrected chi connectivity index (χ4v) is 3.65. The summed E-state index contributed by atoms with van der Waals surface area (Å²) in [5, 5.41) is 0. The van der Waals surface area contributed by atoms with E-state index in [-0.39, 0.29) is 5.41 Å². The Bertz CT molecular complexity index is 552. The maximum absolute atomic E-state index is 12.6. The van der Waals surface area contributed by atoms with Gasteiger partial charge in [-0.1, -0.05) is 20.8 Å². The van der Waals surface area contributed by atoms with Gasteiger partial charge in [-0.2, -0.15) is 0 Å². The van der Waals surface area contributed by atoms with Gasteiger partial charge in [0.05, 0.1) is 22.0 Å². The molecule has 0 bridgehead atoms. The summed E-state index contributed by atoms with van der Waals surface area (Å²) >= 11 is 0. The molecule has 0 saturated carbocycles. The molecule has 1 aliphatic rings. The molecule has 0 amide bonds. The standard InChI is InChI=1S/C12H18N2O2S/c1-12(2,3)11-10-9(5-6-13-11)16-8-7-14-17(10,4)15/h5-6H,7-8H2,1-4H3/t17-/m1/s1. The average Bonchev–Trinajstić information content (AvgIpc) is 2.36. The molecule has 0 spiro atoms. The summed E-state index contributed by atoms with van der Waals surface area (Å²) in [4.78, 5) is 5.05. The van der Waals surface area contributed by atoms with E-state index in [4.69, 9.17) is 4.74 Å². The third-order valence-electron chi connectivity index (χ3n) is 2.64. The van der Waals surface area contributed by atoms with Crippen LogP contribution in [-0.2, 0) is 15.1 Å². The minimum atomic E-state index is -2.40. The average molecular weight is 254 g/mol. The van der Waals surface area contributed by atoms with Crippen LogP contribution in [0, 0.1) is 0 Å². The molecule has 5 heteroatoms. The van der Waals surface area contributed by atoms with Crippen LogP contribution in [0.1, 0.15) is 26.5 Å². The van der Waals surface area contributed by atoms with Crippen LogP contribution < -0.4 is 4.74 Å². The third kappa shape index (κ3) is 2.29. The molecule has 17 heavy (non-hydrogen) atoms. The molecule has 0 aromatic carbocycles. The van der Waals surface area contributed by atoms with E-state index in [1.54, 1.807) is 18.5 Å². The van der Waals surface area contributed by atoms with Crippen molar-refractivity contribution in [3.05, 3.63) is 18.0 Å². The van der Waals surface area contributed by atoms with Gasteiger partial charge < -0.3 is 4.74 Å². The Balaban J connectivity index is 2.79. The van der Waals surface area contributed by atoms with Crippen LogP contribution in [0.15, 0.2) is 21.5 Å². The Morgan fingerprint density at radius 3 is 2.76 bits per heavy atom. The Morgan fingerprint density at radius 1 is 1.41 bits per heavy atom. The van der Waals surface area contributed by atoms with E-state index >= 15 is 0 Å². The predicted molar refractivity (Wildman–Crippen MR) is 68.1 cm³/mol. The van der Waals surface area contributed by atoms with E-state index in [9.17, 15) is 4.21 Å². The Morgan fingerprint density at radius 2 is 2.12 bits per heavy atom. The van der Waals surface area contributed by atoms with Crippen molar-refractivity contribution in [3.8, 4) is 5.75 Å². The van der Waals surface area contributed by atoms with Crippen LogP contribution in [0.5, 0.6) is 5.75 Å². The number of aromatic nitrogens is 1. The number of hydrogen-bond donors (Lipinski definition) is 0. The van der Waals surface area contributed by atoms with E-state index in [1.165, 1.54) is 0 Å². The van der Waals surface area contributed by atoms with Crippen molar-refractivity contribution in [1.29, 1.82) is 0 Å². The zero-order valence-electron chi connectivity index (χ0n) is 10.7. The normalized spacial score (nSPS) is 24.2. The maximum Gasteiger partial charge on any atom is 0.139 e. The zero-order valence-corrected chi connectivity index (χ0v) is 11.5. The molecule has 0 radical (unpaired) electrons. The van der Waals surface area contributed by atoms with Crippen molar-refractivity contribution in [2.24, 2.45) is 4.36 Å². The van der Waals surface area contributed by atoms with E-state index in [0.717, 1.165) is 5.69 Å². The quantitative estimate of drug-likeness (QED) is 0.713. The van der Waals surface area contributed by atoms with Gasteiger partial charge in [0.25, 0.3) is 0 Å². The fourth-order valence-electron chi connectivity index (χ4n) is 1.88. The molecule has 0 N–H and O–H groups in total. The second-order valence-electron chi connectivity index (χ2n) is 5.24. The first kappa shape index (κ1) is 12.4. The first-order chi connectivity index (χ1) is 7.82. The van der Waals surface area contributed by atoms with Crippen LogP contribution in [0.25, 0.3) is 0 Å². The predicted octanol–water partition coefficient (Wildman–Crippen LogP) is 2.23. The van der Waals surface area contributed by atoms with Gasteiger partial charge in [0.2, 0.25) is 0 Å². The van der Waals surface area contributed by atoms with E-state index < -0.39 is 9.73 Å². The number of rotatable bonds is 0. The number of fused-ring (bicyclic) bond motifs is 1. The second kappa shape index (κ2) is 3.98. The van der Waals surface area contributed by atoms with Gasteiger partial charge >= 0.3 is 0 Å². The Hall–Kier alpha value is -1.10. The summed E-state index contributed by atoms with van der Waals surface area (Å²) in [6, 6.07) is 1.77. The molecular formula is C12H18N2O2S. The molecule has 0 unspecified atom stereocenters.